The van der Waals surface area contributed by atoms with E-state index in [2.05, 4.69) is 34.6 Å². The molecule has 5 heteroatoms. The van der Waals surface area contributed by atoms with Crippen molar-refractivity contribution in [1.29, 1.82) is 0 Å². The van der Waals surface area contributed by atoms with E-state index in [1.807, 2.05) is 0 Å². The number of esters is 2. The maximum atomic E-state index is 11.8. The monoisotopic (exact) mass is 460 g/mol. The molecule has 1 spiro atoms. The van der Waals surface area contributed by atoms with Crippen LogP contribution >= 0.6 is 0 Å². The van der Waals surface area contributed by atoms with Crippen LogP contribution in [0.3, 0.4) is 0 Å². The zero-order valence-corrected chi connectivity index (χ0v) is 21.7. The number of rotatable bonds is 3. The lowest BCUT2D eigenvalue weighted by atomic mass is 9.38. The molecule has 0 aromatic carbocycles. The number of carbonyl (C=O) groups excluding carboxylic acids is 2. The minimum atomic E-state index is -0.170. The second-order valence-corrected chi connectivity index (χ2v) is 13.3. The fourth-order valence-electron chi connectivity index (χ4n) is 10.5. The molecule has 1 aliphatic heterocycles. The maximum absolute atomic E-state index is 11.8. The van der Waals surface area contributed by atoms with Gasteiger partial charge in [0.1, 0.15) is 12.2 Å². The predicted octanol–water partition coefficient (Wildman–Crippen LogP) is 5.54. The molecule has 0 aromatic rings. The average Bonchev–Trinajstić information content (AvgIpc) is 3.20. The van der Waals surface area contributed by atoms with Gasteiger partial charge in [-0.2, -0.15) is 0 Å². The lowest BCUT2D eigenvalue weighted by Crippen LogP contribution is -2.64. The van der Waals surface area contributed by atoms with Gasteiger partial charge in [0.25, 0.3) is 0 Å². The summed E-state index contributed by atoms with van der Waals surface area (Å²) in [5.41, 5.74) is 0.542. The standard InChI is InChI=1S/C28H44O5/c1-16(32-17(2)29)19-10-12-26(6)20-8-9-22-25(4,5)23(33-18(3)30)11-13-28(22)15-31-21(24(20)28)14-27(19,26)7/h16,19-24H,8-15H2,1-7H3/t16?,19?,20?,21?,22?,23?,24?,26-,27+,28?/m0/s1. The third kappa shape index (κ3) is 3.06. The van der Waals surface area contributed by atoms with E-state index in [4.69, 9.17) is 14.2 Å². The first-order valence-electron chi connectivity index (χ1n) is 13.3. The summed E-state index contributed by atoms with van der Waals surface area (Å²) in [4.78, 5) is 23.6. The summed E-state index contributed by atoms with van der Waals surface area (Å²) in [5.74, 6) is 1.83. The van der Waals surface area contributed by atoms with E-state index in [-0.39, 0.29) is 45.8 Å². The molecule has 0 amide bonds. The van der Waals surface area contributed by atoms with Crippen molar-refractivity contribution in [2.24, 2.45) is 45.3 Å². The largest absolute Gasteiger partial charge is 0.463 e. The highest BCUT2D eigenvalue weighted by molar-refractivity contribution is 5.66. The fourth-order valence-corrected chi connectivity index (χ4v) is 10.5. The van der Waals surface area contributed by atoms with E-state index >= 15 is 0 Å². The normalized spacial score (nSPS) is 50.5. The lowest BCUT2D eigenvalue weighted by molar-refractivity contribution is -0.205. The van der Waals surface area contributed by atoms with Crippen molar-refractivity contribution in [2.45, 2.75) is 112 Å². The molecule has 5 fully saturated rings. The molecule has 5 nitrogen and oxygen atoms in total. The summed E-state index contributed by atoms with van der Waals surface area (Å²) in [6, 6.07) is 0. The van der Waals surface area contributed by atoms with E-state index in [1.54, 1.807) is 6.92 Å². The van der Waals surface area contributed by atoms with Gasteiger partial charge in [0.15, 0.2) is 0 Å². The molecule has 5 rings (SSSR count). The summed E-state index contributed by atoms with van der Waals surface area (Å²) in [6.07, 6.45) is 8.15. The summed E-state index contributed by atoms with van der Waals surface area (Å²) in [7, 11) is 0. The van der Waals surface area contributed by atoms with Gasteiger partial charge in [-0.15, -0.1) is 0 Å². The number of fused-ring (bicyclic) bond motifs is 2. The Hall–Kier alpha value is -1.10. The van der Waals surface area contributed by atoms with Gasteiger partial charge in [0.05, 0.1) is 12.7 Å². The topological polar surface area (TPSA) is 61.8 Å². The molecule has 8 unspecified atom stereocenters. The van der Waals surface area contributed by atoms with Crippen LogP contribution in [0.4, 0.5) is 0 Å². The molecule has 186 valence electrons. The van der Waals surface area contributed by atoms with Crippen molar-refractivity contribution in [3.8, 4) is 0 Å². The number of hydrogen-bond donors (Lipinski definition) is 0. The Kier molecular flexibility index (Phi) is 5.33. The van der Waals surface area contributed by atoms with Crippen LogP contribution < -0.4 is 0 Å². The third-order valence-corrected chi connectivity index (χ3v) is 11.9. The fraction of sp³-hybridized carbons (Fsp3) is 0.929. The Morgan fingerprint density at radius 3 is 2.33 bits per heavy atom. The first kappa shape index (κ1) is 23.6. The Balaban J connectivity index is 1.48. The minimum Gasteiger partial charge on any atom is -0.463 e. The van der Waals surface area contributed by atoms with Crippen LogP contribution in [0.15, 0.2) is 0 Å². The zero-order valence-electron chi connectivity index (χ0n) is 21.7. The second-order valence-electron chi connectivity index (χ2n) is 13.3. The van der Waals surface area contributed by atoms with Gasteiger partial charge in [-0.1, -0.05) is 27.7 Å². The van der Waals surface area contributed by atoms with Crippen LogP contribution in [0.1, 0.15) is 93.4 Å². The van der Waals surface area contributed by atoms with Gasteiger partial charge in [0, 0.05) is 30.6 Å². The molecule has 1 saturated heterocycles. The molecule has 0 aromatic heterocycles. The van der Waals surface area contributed by atoms with Crippen LogP contribution in [0.5, 0.6) is 0 Å². The number of ether oxygens (including phenoxy) is 3. The van der Waals surface area contributed by atoms with Crippen molar-refractivity contribution in [2.75, 3.05) is 6.61 Å². The average molecular weight is 461 g/mol. The van der Waals surface area contributed by atoms with Gasteiger partial charge in [-0.3, -0.25) is 9.59 Å². The molecular weight excluding hydrogens is 416 g/mol. The van der Waals surface area contributed by atoms with Crippen LogP contribution in [-0.2, 0) is 23.8 Å². The Morgan fingerprint density at radius 2 is 1.67 bits per heavy atom. The van der Waals surface area contributed by atoms with E-state index in [0.29, 0.717) is 29.8 Å². The second kappa shape index (κ2) is 7.45. The van der Waals surface area contributed by atoms with Gasteiger partial charge >= 0.3 is 11.9 Å². The van der Waals surface area contributed by atoms with Gasteiger partial charge in [0.2, 0.25) is 0 Å². The molecule has 0 N–H and O–H groups in total. The maximum Gasteiger partial charge on any atom is 0.302 e. The van der Waals surface area contributed by atoms with E-state index in [9.17, 15) is 9.59 Å². The quantitative estimate of drug-likeness (QED) is 0.517. The van der Waals surface area contributed by atoms with Crippen molar-refractivity contribution >= 4 is 11.9 Å². The molecule has 10 atom stereocenters. The molecule has 1 heterocycles. The smallest absolute Gasteiger partial charge is 0.302 e. The summed E-state index contributed by atoms with van der Waals surface area (Å²) >= 11 is 0. The SMILES string of the molecule is CC(=O)OC(C)C1CC[C@@]2(C)C3CCC4C(C)(C)C(OC(C)=O)CCC45COC(C[C@]12C)C35. The third-order valence-electron chi connectivity index (χ3n) is 11.9. The van der Waals surface area contributed by atoms with Crippen molar-refractivity contribution in [3.63, 3.8) is 0 Å². The molecule has 5 aliphatic rings. The lowest BCUT2D eigenvalue weighted by Gasteiger charge is -2.66. The van der Waals surface area contributed by atoms with Crippen molar-refractivity contribution in [3.05, 3.63) is 0 Å². The Morgan fingerprint density at radius 1 is 0.939 bits per heavy atom. The van der Waals surface area contributed by atoms with Crippen LogP contribution in [0.25, 0.3) is 0 Å². The van der Waals surface area contributed by atoms with E-state index < -0.39 is 0 Å². The van der Waals surface area contributed by atoms with Crippen LogP contribution in [-0.4, -0.2) is 36.9 Å². The van der Waals surface area contributed by atoms with Crippen molar-refractivity contribution < 1.29 is 23.8 Å². The van der Waals surface area contributed by atoms with Crippen LogP contribution in [0.2, 0.25) is 0 Å². The predicted molar refractivity (Wildman–Crippen MR) is 125 cm³/mol. The number of hydrogen-bond acceptors (Lipinski definition) is 5. The summed E-state index contributed by atoms with van der Waals surface area (Å²) in [6.45, 7) is 15.7. The van der Waals surface area contributed by atoms with Gasteiger partial charge in [-0.05, 0) is 80.5 Å². The Bertz CT molecular complexity index is 836. The minimum absolute atomic E-state index is 0.00566. The highest BCUT2D eigenvalue weighted by Gasteiger charge is 2.73. The molecule has 4 aliphatic carbocycles. The summed E-state index contributed by atoms with van der Waals surface area (Å²) < 4.78 is 18.3. The van der Waals surface area contributed by atoms with E-state index in [0.717, 1.165) is 32.3 Å². The molecule has 0 bridgehead atoms. The van der Waals surface area contributed by atoms with Crippen LogP contribution in [0, 0.1) is 45.3 Å². The highest BCUT2D eigenvalue weighted by Crippen LogP contribution is 2.76. The highest BCUT2D eigenvalue weighted by atomic mass is 16.5. The Labute approximate surface area is 199 Å². The van der Waals surface area contributed by atoms with E-state index in [1.165, 1.54) is 26.2 Å². The van der Waals surface area contributed by atoms with Gasteiger partial charge < -0.3 is 14.2 Å². The zero-order chi connectivity index (χ0) is 24.0. The first-order chi connectivity index (χ1) is 15.4. The van der Waals surface area contributed by atoms with Crippen molar-refractivity contribution in [1.82, 2.24) is 0 Å². The number of carbonyl (C=O) groups is 2. The molecular formula is C28H44O5. The summed E-state index contributed by atoms with van der Waals surface area (Å²) in [5, 5.41) is 0. The molecule has 4 saturated carbocycles. The first-order valence-corrected chi connectivity index (χ1v) is 13.3. The molecule has 0 radical (unpaired) electrons. The molecule has 33 heavy (non-hydrogen) atoms. The van der Waals surface area contributed by atoms with Gasteiger partial charge in [-0.25, -0.2) is 0 Å².